The lowest BCUT2D eigenvalue weighted by Gasteiger charge is -2.22. The number of nitrogen functional groups attached to an aromatic ring is 1. The summed E-state index contributed by atoms with van der Waals surface area (Å²) in [6, 6.07) is 12.4. The minimum absolute atomic E-state index is 0.00561. The first kappa shape index (κ1) is 21.8. The fraction of sp³-hybridized carbons (Fsp3) is 0.0870. The van der Waals surface area contributed by atoms with Gasteiger partial charge in [-0.1, -0.05) is 29.8 Å². The number of rotatable bonds is 5. The number of carboxylic acid groups (broad SMARTS) is 1. The van der Waals surface area contributed by atoms with Gasteiger partial charge in [0.2, 0.25) is 11.6 Å². The molecule has 4 N–H and O–H groups in total. The van der Waals surface area contributed by atoms with Crippen LogP contribution < -0.4 is 16.6 Å². The molecule has 0 aliphatic heterocycles. The molecule has 1 atom stereocenters. The Morgan fingerprint density at radius 1 is 1.27 bits per heavy atom. The lowest BCUT2D eigenvalue weighted by molar-refractivity contribution is 0.0697. The maximum absolute atomic E-state index is 13.6. The van der Waals surface area contributed by atoms with Crippen molar-refractivity contribution in [3.8, 4) is 5.69 Å². The molecule has 0 saturated carbocycles. The molecule has 0 saturated heterocycles. The van der Waals surface area contributed by atoms with E-state index in [0.29, 0.717) is 22.2 Å². The minimum atomic E-state index is -1.12. The second-order valence-electron chi connectivity index (χ2n) is 7.21. The summed E-state index contributed by atoms with van der Waals surface area (Å²) in [5.41, 5.74) is 6.35. The zero-order valence-corrected chi connectivity index (χ0v) is 18.0. The maximum atomic E-state index is 13.6. The van der Waals surface area contributed by atoms with Crippen molar-refractivity contribution >= 4 is 45.8 Å². The van der Waals surface area contributed by atoms with Gasteiger partial charge < -0.3 is 16.2 Å². The Morgan fingerprint density at radius 3 is 2.76 bits per heavy atom. The van der Waals surface area contributed by atoms with Crippen LogP contribution in [0.5, 0.6) is 0 Å². The molecule has 2 heterocycles. The van der Waals surface area contributed by atoms with Gasteiger partial charge in [0.25, 0.3) is 5.56 Å². The highest BCUT2D eigenvalue weighted by Crippen LogP contribution is 2.30. The number of nitrogens with one attached hydrogen (secondary N) is 1. The van der Waals surface area contributed by atoms with Crippen molar-refractivity contribution in [3.05, 3.63) is 92.8 Å². The number of hydrogen-bond acceptors (Lipinski definition) is 6. The Bertz CT molecular complexity index is 1510. The normalized spacial score (nSPS) is 11.7. The monoisotopic (exact) mass is 460 g/mol. The zero-order chi connectivity index (χ0) is 23.7. The Balaban J connectivity index is 1.96. The molecule has 0 aliphatic carbocycles. The van der Waals surface area contributed by atoms with E-state index in [2.05, 4.69) is 20.1 Å². The first-order chi connectivity index (χ1) is 15.8. The van der Waals surface area contributed by atoms with Gasteiger partial charge in [-0.05, 0) is 42.6 Å². The van der Waals surface area contributed by atoms with Crippen molar-refractivity contribution in [1.82, 2.24) is 14.5 Å². The molecule has 0 spiro atoms. The molecule has 0 aliphatic rings. The summed E-state index contributed by atoms with van der Waals surface area (Å²) in [4.78, 5) is 36.5. The minimum Gasteiger partial charge on any atom is -0.478 e. The van der Waals surface area contributed by atoms with Gasteiger partial charge in [0.05, 0.1) is 28.6 Å². The van der Waals surface area contributed by atoms with E-state index in [1.54, 1.807) is 43.3 Å². The van der Waals surface area contributed by atoms with Crippen LogP contribution in [-0.4, -0.2) is 25.6 Å². The Morgan fingerprint density at radius 2 is 2.03 bits per heavy atom. The summed E-state index contributed by atoms with van der Waals surface area (Å²) < 4.78 is 1.40. The topological polar surface area (TPSA) is 127 Å². The van der Waals surface area contributed by atoms with Crippen molar-refractivity contribution in [3.63, 3.8) is 0 Å². The van der Waals surface area contributed by atoms with Crippen LogP contribution in [0.3, 0.4) is 0 Å². The second kappa shape index (κ2) is 8.61. The van der Waals surface area contributed by atoms with E-state index in [1.165, 1.54) is 22.9 Å². The van der Waals surface area contributed by atoms with Gasteiger partial charge in [-0.25, -0.2) is 19.6 Å². The highest BCUT2D eigenvalue weighted by atomic mass is 35.5. The molecular formula is C23H17ClN6O3. The van der Waals surface area contributed by atoms with Gasteiger partial charge in [0.15, 0.2) is 0 Å². The zero-order valence-electron chi connectivity index (χ0n) is 17.3. The maximum Gasteiger partial charge on any atom is 0.335 e. The van der Waals surface area contributed by atoms with Crippen molar-refractivity contribution in [2.45, 2.75) is 13.0 Å². The number of benzene rings is 2. The fourth-order valence-electron chi connectivity index (χ4n) is 3.56. The number of halogens is 1. The molecule has 2 aromatic heterocycles. The van der Waals surface area contributed by atoms with Crippen LogP contribution in [0.15, 0.2) is 59.5 Å². The van der Waals surface area contributed by atoms with Gasteiger partial charge in [0, 0.05) is 17.6 Å². The van der Waals surface area contributed by atoms with Crippen LogP contribution in [0.25, 0.3) is 21.3 Å². The number of carboxylic acids is 1. The third kappa shape index (κ3) is 4.07. The Kier molecular flexibility index (Phi) is 5.69. The van der Waals surface area contributed by atoms with E-state index >= 15 is 0 Å². The predicted molar refractivity (Wildman–Crippen MR) is 126 cm³/mol. The third-order valence-corrected chi connectivity index (χ3v) is 5.40. The number of aromatic nitrogens is 3. The van der Waals surface area contributed by atoms with Crippen molar-refractivity contribution in [1.29, 1.82) is 0 Å². The molecule has 0 bridgehead atoms. The molecule has 0 unspecified atom stereocenters. The van der Waals surface area contributed by atoms with Crippen LogP contribution in [0.1, 0.15) is 29.0 Å². The highest BCUT2D eigenvalue weighted by molar-refractivity contribution is 6.35. The van der Waals surface area contributed by atoms with Gasteiger partial charge in [-0.2, -0.15) is 0 Å². The second-order valence-corrected chi connectivity index (χ2v) is 7.62. The first-order valence-corrected chi connectivity index (χ1v) is 10.1. The molecule has 33 heavy (non-hydrogen) atoms. The van der Waals surface area contributed by atoms with Gasteiger partial charge in [0.1, 0.15) is 5.82 Å². The summed E-state index contributed by atoms with van der Waals surface area (Å²) in [6.45, 7) is 9.14. The van der Waals surface area contributed by atoms with Crippen LogP contribution >= 0.6 is 11.6 Å². The first-order valence-electron chi connectivity index (χ1n) is 9.74. The Labute approximate surface area is 192 Å². The van der Waals surface area contributed by atoms with Gasteiger partial charge in [-0.15, -0.1) is 0 Å². The molecule has 4 rings (SSSR count). The summed E-state index contributed by atoms with van der Waals surface area (Å²) in [5, 5.41) is 13.8. The van der Waals surface area contributed by atoms with E-state index in [0.717, 1.165) is 0 Å². The third-order valence-electron chi connectivity index (χ3n) is 5.08. The molecule has 10 heteroatoms. The predicted octanol–water partition coefficient (Wildman–Crippen LogP) is 4.44. The standard InChI is InChI=1S/C23H17ClN6O3/c1-12(28-20-17(26-2)11-27-23(25)29-20)18-10-13-5-4-8-16(24)19(13)21(31)30(18)15-7-3-6-14(9-15)22(32)33/h3-12H,1H3,(H,32,33)(H3,25,27,28,29)/t12-/m0/s1. The molecule has 164 valence electrons. The van der Waals surface area contributed by atoms with Gasteiger partial charge in [-0.3, -0.25) is 9.36 Å². The number of fused-ring (bicyclic) bond motifs is 1. The SMILES string of the molecule is [C-]#[N+]c1cnc(N)nc1N[C@@H](C)c1cc2cccc(Cl)c2c(=O)n1-c1cccc(C(=O)O)c1. The smallest absolute Gasteiger partial charge is 0.335 e. The average Bonchev–Trinajstić information content (AvgIpc) is 2.79. The number of carbonyl (C=O) groups is 1. The van der Waals surface area contributed by atoms with E-state index in [9.17, 15) is 14.7 Å². The lowest BCUT2D eigenvalue weighted by atomic mass is 10.1. The fourth-order valence-corrected chi connectivity index (χ4v) is 3.82. The van der Waals surface area contributed by atoms with E-state index in [1.807, 2.05) is 0 Å². The number of nitrogens with zero attached hydrogens (tertiary/aromatic N) is 4. The summed E-state index contributed by atoms with van der Waals surface area (Å²) in [6.07, 6.45) is 1.31. The Hall–Kier alpha value is -4.42. The van der Waals surface area contributed by atoms with Crippen LogP contribution in [0, 0.1) is 6.57 Å². The number of aromatic carboxylic acids is 1. The number of hydrogen-bond donors (Lipinski definition) is 3. The number of anilines is 2. The van der Waals surface area contributed by atoms with E-state index in [-0.39, 0.29) is 28.0 Å². The summed E-state index contributed by atoms with van der Waals surface area (Å²) >= 11 is 6.34. The molecule has 9 nitrogen and oxygen atoms in total. The molecule has 2 aromatic carbocycles. The molecule has 0 radical (unpaired) electrons. The molecule has 4 aromatic rings. The van der Waals surface area contributed by atoms with Crippen molar-refractivity contribution in [2.24, 2.45) is 0 Å². The number of pyridine rings is 1. The van der Waals surface area contributed by atoms with Crippen LogP contribution in [0.4, 0.5) is 17.5 Å². The number of nitrogens with two attached hydrogens (primary N) is 1. The average molecular weight is 461 g/mol. The van der Waals surface area contributed by atoms with E-state index in [4.69, 9.17) is 23.9 Å². The summed E-state index contributed by atoms with van der Waals surface area (Å²) in [5.74, 6) is -0.905. The van der Waals surface area contributed by atoms with E-state index < -0.39 is 17.6 Å². The largest absolute Gasteiger partial charge is 0.478 e. The highest BCUT2D eigenvalue weighted by Gasteiger charge is 2.20. The quantitative estimate of drug-likeness (QED) is 0.375. The summed E-state index contributed by atoms with van der Waals surface area (Å²) in [7, 11) is 0. The molecule has 0 amide bonds. The van der Waals surface area contributed by atoms with Crippen molar-refractivity contribution < 1.29 is 9.90 Å². The lowest BCUT2D eigenvalue weighted by Crippen LogP contribution is -2.26. The van der Waals surface area contributed by atoms with Gasteiger partial charge >= 0.3 is 5.97 Å². The van der Waals surface area contributed by atoms with Crippen LogP contribution in [0.2, 0.25) is 5.02 Å². The van der Waals surface area contributed by atoms with Crippen LogP contribution in [-0.2, 0) is 0 Å². The molecule has 0 fully saturated rings. The molecular weight excluding hydrogens is 444 g/mol. The van der Waals surface area contributed by atoms with Crippen molar-refractivity contribution in [2.75, 3.05) is 11.1 Å².